The second-order valence-electron chi connectivity index (χ2n) is 6.64. The SMILES string of the molecule is C1CCN(C[C@@H]2CCCN2C[C@@H]2CCCCO2)CC1. The fraction of sp³-hybridized carbons (Fsp3) is 1.00. The van der Waals surface area contributed by atoms with Gasteiger partial charge in [-0.05, 0) is 64.6 Å². The summed E-state index contributed by atoms with van der Waals surface area (Å²) in [4.78, 5) is 5.43. The Morgan fingerprint density at radius 3 is 2.47 bits per heavy atom. The Morgan fingerprint density at radius 1 is 0.789 bits per heavy atom. The number of nitrogens with zero attached hydrogens (tertiary/aromatic N) is 2. The molecule has 0 bridgehead atoms. The molecule has 0 spiro atoms. The van der Waals surface area contributed by atoms with Gasteiger partial charge >= 0.3 is 0 Å². The molecule has 3 nitrogen and oxygen atoms in total. The molecule has 3 rings (SSSR count). The molecule has 0 N–H and O–H groups in total. The zero-order valence-electron chi connectivity index (χ0n) is 12.4. The lowest BCUT2D eigenvalue weighted by atomic mass is 10.1. The molecule has 3 fully saturated rings. The van der Waals surface area contributed by atoms with Gasteiger partial charge in [-0.25, -0.2) is 0 Å². The van der Waals surface area contributed by atoms with Crippen LogP contribution >= 0.6 is 0 Å². The van der Waals surface area contributed by atoms with Crippen molar-refractivity contribution in [2.24, 2.45) is 0 Å². The normalized spacial score (nSPS) is 34.7. The molecule has 0 unspecified atom stereocenters. The minimum absolute atomic E-state index is 0.524. The summed E-state index contributed by atoms with van der Waals surface area (Å²) in [5, 5.41) is 0. The van der Waals surface area contributed by atoms with Crippen molar-refractivity contribution in [3.63, 3.8) is 0 Å². The van der Waals surface area contributed by atoms with Gasteiger partial charge in [0.25, 0.3) is 0 Å². The Kier molecular flexibility index (Phi) is 5.14. The Balaban J connectivity index is 1.46. The average molecular weight is 266 g/mol. The van der Waals surface area contributed by atoms with Crippen LogP contribution in [0.5, 0.6) is 0 Å². The highest BCUT2D eigenvalue weighted by atomic mass is 16.5. The molecular weight excluding hydrogens is 236 g/mol. The molecule has 3 saturated heterocycles. The number of likely N-dealkylation sites (tertiary alicyclic amines) is 2. The molecule has 0 aromatic carbocycles. The van der Waals surface area contributed by atoms with Crippen LogP contribution in [-0.4, -0.2) is 61.3 Å². The molecule has 2 atom stereocenters. The van der Waals surface area contributed by atoms with Crippen molar-refractivity contribution in [3.8, 4) is 0 Å². The summed E-state index contributed by atoms with van der Waals surface area (Å²) >= 11 is 0. The second-order valence-corrected chi connectivity index (χ2v) is 6.64. The standard InChI is InChI=1S/C16H30N2O/c1-3-9-17(10-4-1)13-15-7-6-11-18(15)14-16-8-2-5-12-19-16/h15-16H,1-14H2/t15-,16-/m0/s1. The minimum atomic E-state index is 0.524. The number of piperidine rings is 1. The van der Waals surface area contributed by atoms with Crippen molar-refractivity contribution < 1.29 is 4.74 Å². The third-order valence-electron chi connectivity index (χ3n) is 5.13. The Hall–Kier alpha value is -0.120. The summed E-state index contributed by atoms with van der Waals surface area (Å²) in [6.07, 6.45) is 11.5. The van der Waals surface area contributed by atoms with E-state index in [1.807, 2.05) is 0 Å². The van der Waals surface area contributed by atoms with E-state index in [1.165, 1.54) is 84.1 Å². The average Bonchev–Trinajstić information content (AvgIpc) is 2.88. The van der Waals surface area contributed by atoms with E-state index >= 15 is 0 Å². The van der Waals surface area contributed by atoms with Crippen LogP contribution < -0.4 is 0 Å². The van der Waals surface area contributed by atoms with Crippen LogP contribution in [0.1, 0.15) is 51.4 Å². The summed E-state index contributed by atoms with van der Waals surface area (Å²) < 4.78 is 5.92. The fourth-order valence-corrected chi connectivity index (χ4v) is 4.00. The molecular formula is C16H30N2O. The summed E-state index contributed by atoms with van der Waals surface area (Å²) in [5.41, 5.74) is 0. The van der Waals surface area contributed by atoms with Crippen molar-refractivity contribution in [2.45, 2.75) is 63.5 Å². The lowest BCUT2D eigenvalue weighted by Crippen LogP contribution is -2.45. The maximum absolute atomic E-state index is 5.92. The van der Waals surface area contributed by atoms with Crippen LogP contribution in [0.15, 0.2) is 0 Å². The summed E-state index contributed by atoms with van der Waals surface area (Å²) in [6, 6.07) is 0.809. The van der Waals surface area contributed by atoms with Gasteiger partial charge in [0.1, 0.15) is 0 Å². The van der Waals surface area contributed by atoms with Gasteiger partial charge in [0.2, 0.25) is 0 Å². The van der Waals surface area contributed by atoms with Crippen LogP contribution in [0.3, 0.4) is 0 Å². The van der Waals surface area contributed by atoms with E-state index in [0.717, 1.165) is 12.6 Å². The molecule has 3 aliphatic heterocycles. The highest BCUT2D eigenvalue weighted by Crippen LogP contribution is 2.23. The Morgan fingerprint density at radius 2 is 1.68 bits per heavy atom. The lowest BCUT2D eigenvalue weighted by molar-refractivity contribution is -0.0105. The van der Waals surface area contributed by atoms with Crippen LogP contribution in [-0.2, 0) is 4.74 Å². The number of hydrogen-bond donors (Lipinski definition) is 0. The van der Waals surface area contributed by atoms with E-state index in [-0.39, 0.29) is 0 Å². The van der Waals surface area contributed by atoms with E-state index in [4.69, 9.17) is 4.74 Å². The third-order valence-corrected chi connectivity index (χ3v) is 5.13. The fourth-order valence-electron chi connectivity index (χ4n) is 4.00. The summed E-state index contributed by atoms with van der Waals surface area (Å²) in [6.45, 7) is 7.48. The van der Waals surface area contributed by atoms with Gasteiger partial charge in [-0.1, -0.05) is 6.42 Å². The first-order chi connectivity index (χ1) is 9.42. The number of hydrogen-bond acceptors (Lipinski definition) is 3. The van der Waals surface area contributed by atoms with E-state index in [2.05, 4.69) is 9.80 Å². The van der Waals surface area contributed by atoms with E-state index in [1.54, 1.807) is 0 Å². The van der Waals surface area contributed by atoms with Crippen molar-refractivity contribution >= 4 is 0 Å². The maximum atomic E-state index is 5.92. The molecule has 0 saturated carbocycles. The van der Waals surface area contributed by atoms with Crippen LogP contribution in [0, 0.1) is 0 Å². The molecule has 0 aromatic heterocycles. The highest BCUT2D eigenvalue weighted by molar-refractivity contribution is 4.85. The molecule has 19 heavy (non-hydrogen) atoms. The molecule has 110 valence electrons. The zero-order valence-corrected chi connectivity index (χ0v) is 12.4. The minimum Gasteiger partial charge on any atom is -0.377 e. The van der Waals surface area contributed by atoms with Crippen molar-refractivity contribution in [2.75, 3.05) is 39.3 Å². The Bertz CT molecular complexity index is 233. The molecule has 0 amide bonds. The molecule has 3 heteroatoms. The van der Waals surface area contributed by atoms with Crippen molar-refractivity contribution in [1.82, 2.24) is 9.80 Å². The zero-order chi connectivity index (χ0) is 12.9. The van der Waals surface area contributed by atoms with Crippen molar-refractivity contribution in [3.05, 3.63) is 0 Å². The summed E-state index contributed by atoms with van der Waals surface area (Å²) in [5.74, 6) is 0. The van der Waals surface area contributed by atoms with Gasteiger partial charge in [0.15, 0.2) is 0 Å². The first kappa shape index (κ1) is 13.8. The van der Waals surface area contributed by atoms with E-state index in [0.29, 0.717) is 6.10 Å². The summed E-state index contributed by atoms with van der Waals surface area (Å²) in [7, 11) is 0. The van der Waals surface area contributed by atoms with Crippen LogP contribution in [0.25, 0.3) is 0 Å². The quantitative estimate of drug-likeness (QED) is 0.777. The van der Waals surface area contributed by atoms with Gasteiger partial charge in [0, 0.05) is 25.7 Å². The first-order valence-corrected chi connectivity index (χ1v) is 8.50. The number of rotatable bonds is 4. The molecule has 3 heterocycles. The van der Waals surface area contributed by atoms with E-state index in [9.17, 15) is 0 Å². The second kappa shape index (κ2) is 7.05. The first-order valence-electron chi connectivity index (χ1n) is 8.50. The third kappa shape index (κ3) is 3.93. The van der Waals surface area contributed by atoms with E-state index < -0.39 is 0 Å². The lowest BCUT2D eigenvalue weighted by Gasteiger charge is -2.35. The molecule has 0 radical (unpaired) electrons. The predicted octanol–water partition coefficient (Wildman–Crippen LogP) is 2.51. The Labute approximate surface area is 118 Å². The van der Waals surface area contributed by atoms with Crippen molar-refractivity contribution in [1.29, 1.82) is 0 Å². The van der Waals surface area contributed by atoms with Gasteiger partial charge in [-0.2, -0.15) is 0 Å². The maximum Gasteiger partial charge on any atom is 0.0702 e. The number of ether oxygens (including phenoxy) is 1. The molecule has 0 aromatic rings. The highest BCUT2D eigenvalue weighted by Gasteiger charge is 2.29. The van der Waals surface area contributed by atoms with Gasteiger partial charge in [-0.3, -0.25) is 4.90 Å². The molecule has 0 aliphatic carbocycles. The van der Waals surface area contributed by atoms with Gasteiger partial charge < -0.3 is 9.64 Å². The predicted molar refractivity (Wildman–Crippen MR) is 78.5 cm³/mol. The largest absolute Gasteiger partial charge is 0.377 e. The monoisotopic (exact) mass is 266 g/mol. The molecule has 3 aliphatic rings. The smallest absolute Gasteiger partial charge is 0.0702 e. The van der Waals surface area contributed by atoms with Gasteiger partial charge in [-0.15, -0.1) is 0 Å². The van der Waals surface area contributed by atoms with Gasteiger partial charge in [0.05, 0.1) is 6.10 Å². The van der Waals surface area contributed by atoms with Crippen LogP contribution in [0.2, 0.25) is 0 Å². The van der Waals surface area contributed by atoms with Crippen LogP contribution in [0.4, 0.5) is 0 Å². The topological polar surface area (TPSA) is 15.7 Å².